The summed E-state index contributed by atoms with van der Waals surface area (Å²) in [5, 5.41) is 3.19. The molecule has 1 aromatic rings. The lowest BCUT2D eigenvalue weighted by atomic mass is 10.0. The summed E-state index contributed by atoms with van der Waals surface area (Å²) in [6.45, 7) is 5.99. The van der Waals surface area contributed by atoms with Crippen LogP contribution in [0.5, 0.6) is 0 Å². The fourth-order valence-corrected chi connectivity index (χ4v) is 3.84. The Bertz CT molecular complexity index is 564. The van der Waals surface area contributed by atoms with Gasteiger partial charge in [-0.3, -0.25) is 9.69 Å². The number of rotatable bonds is 5. The van der Waals surface area contributed by atoms with Gasteiger partial charge in [-0.15, -0.1) is 24.8 Å². The number of piperazine rings is 1. The van der Waals surface area contributed by atoms with E-state index in [1.54, 1.807) is 0 Å². The van der Waals surface area contributed by atoms with Crippen molar-refractivity contribution < 1.29 is 4.79 Å². The highest BCUT2D eigenvalue weighted by Gasteiger charge is 2.27. The van der Waals surface area contributed by atoms with Crippen LogP contribution in [0.3, 0.4) is 0 Å². The molecule has 0 radical (unpaired) electrons. The van der Waals surface area contributed by atoms with Gasteiger partial charge in [-0.2, -0.15) is 0 Å². The number of halogens is 2. The predicted octanol–water partition coefficient (Wildman–Crippen LogP) is 2.13. The first kappa shape index (κ1) is 23.2. The molecule has 1 amide bonds. The number of nitrogens with one attached hydrogen (secondary N) is 1. The van der Waals surface area contributed by atoms with Gasteiger partial charge in [0.1, 0.15) is 0 Å². The summed E-state index contributed by atoms with van der Waals surface area (Å²) in [4.78, 5) is 17.4. The first-order valence-corrected chi connectivity index (χ1v) is 9.16. The molecule has 1 aliphatic heterocycles. The van der Waals surface area contributed by atoms with Crippen molar-refractivity contribution in [3.8, 4) is 0 Å². The van der Waals surface area contributed by atoms with Gasteiger partial charge in [-0.25, -0.2) is 0 Å². The van der Waals surface area contributed by atoms with E-state index in [-0.39, 0.29) is 36.8 Å². The Kier molecular flexibility index (Phi) is 9.90. The number of nitrogens with zero attached hydrogens (tertiary/aromatic N) is 2. The third-order valence-corrected chi connectivity index (χ3v) is 5.47. The number of hydrogen-bond donors (Lipinski definition) is 2. The summed E-state index contributed by atoms with van der Waals surface area (Å²) < 4.78 is 0. The molecule has 3 N–H and O–H groups in total. The van der Waals surface area contributed by atoms with E-state index in [2.05, 4.69) is 28.2 Å². The molecule has 1 heterocycles. The molecule has 1 aliphatic carbocycles. The monoisotopic (exact) mass is 402 g/mol. The standard InChI is InChI=1S/C19H30N4O.2ClH/c1-22-8-10-23(11-9-22)14-15-4-2-5-16(12-15)19(24)21-18-7-3-6-17(18)13-20;;/h2,4-5,12,17-18H,3,6-11,13-14,20H2,1H3,(H,21,24);2*1H. The van der Waals surface area contributed by atoms with E-state index in [4.69, 9.17) is 5.73 Å². The lowest BCUT2D eigenvalue weighted by Crippen LogP contribution is -2.43. The van der Waals surface area contributed by atoms with Gasteiger partial charge in [-0.05, 0) is 50.0 Å². The van der Waals surface area contributed by atoms with E-state index in [1.807, 2.05) is 18.2 Å². The number of hydrogen-bond acceptors (Lipinski definition) is 4. The van der Waals surface area contributed by atoms with E-state index < -0.39 is 0 Å². The van der Waals surface area contributed by atoms with Crippen LogP contribution < -0.4 is 11.1 Å². The molecule has 3 rings (SSSR count). The summed E-state index contributed by atoms with van der Waals surface area (Å²) in [7, 11) is 2.17. The van der Waals surface area contributed by atoms with E-state index in [0.717, 1.165) is 57.5 Å². The largest absolute Gasteiger partial charge is 0.349 e. The van der Waals surface area contributed by atoms with Gasteiger partial charge in [0.15, 0.2) is 0 Å². The Morgan fingerprint density at radius 2 is 1.92 bits per heavy atom. The molecular formula is C19H32Cl2N4O. The maximum Gasteiger partial charge on any atom is 0.251 e. The van der Waals surface area contributed by atoms with Crippen LogP contribution in [0.4, 0.5) is 0 Å². The van der Waals surface area contributed by atoms with Gasteiger partial charge >= 0.3 is 0 Å². The molecule has 148 valence electrons. The maximum absolute atomic E-state index is 12.6. The third kappa shape index (κ3) is 6.10. The van der Waals surface area contributed by atoms with Crippen LogP contribution in [0.15, 0.2) is 24.3 Å². The Hall–Kier alpha value is -0.850. The van der Waals surface area contributed by atoms with E-state index in [1.165, 1.54) is 5.56 Å². The second-order valence-corrected chi connectivity index (χ2v) is 7.29. The van der Waals surface area contributed by atoms with Gasteiger partial charge < -0.3 is 16.0 Å². The van der Waals surface area contributed by atoms with Crippen molar-refractivity contribution in [2.24, 2.45) is 11.7 Å². The zero-order valence-corrected chi connectivity index (χ0v) is 17.2. The number of benzene rings is 1. The van der Waals surface area contributed by atoms with E-state index in [9.17, 15) is 4.79 Å². The third-order valence-electron chi connectivity index (χ3n) is 5.47. The van der Waals surface area contributed by atoms with Crippen molar-refractivity contribution in [1.29, 1.82) is 0 Å². The van der Waals surface area contributed by atoms with Crippen molar-refractivity contribution in [3.63, 3.8) is 0 Å². The molecule has 2 atom stereocenters. The maximum atomic E-state index is 12.6. The molecule has 7 heteroatoms. The highest BCUT2D eigenvalue weighted by atomic mass is 35.5. The van der Waals surface area contributed by atoms with Crippen LogP contribution in [0.25, 0.3) is 0 Å². The Labute approximate surface area is 169 Å². The fourth-order valence-electron chi connectivity index (χ4n) is 3.84. The predicted molar refractivity (Wildman–Crippen MR) is 111 cm³/mol. The van der Waals surface area contributed by atoms with Crippen molar-refractivity contribution in [2.45, 2.75) is 31.8 Å². The number of amides is 1. The van der Waals surface area contributed by atoms with Crippen LogP contribution in [-0.2, 0) is 6.54 Å². The summed E-state index contributed by atoms with van der Waals surface area (Å²) in [5.74, 6) is 0.475. The minimum absolute atomic E-state index is 0. The second kappa shape index (κ2) is 11.1. The van der Waals surface area contributed by atoms with Gasteiger partial charge in [-0.1, -0.05) is 18.6 Å². The van der Waals surface area contributed by atoms with Crippen molar-refractivity contribution in [1.82, 2.24) is 15.1 Å². The summed E-state index contributed by atoms with van der Waals surface area (Å²) in [6.07, 6.45) is 3.34. The highest BCUT2D eigenvalue weighted by molar-refractivity contribution is 5.94. The van der Waals surface area contributed by atoms with Gasteiger partial charge in [0, 0.05) is 44.3 Å². The molecule has 2 aliphatic rings. The molecule has 5 nitrogen and oxygen atoms in total. The van der Waals surface area contributed by atoms with E-state index in [0.29, 0.717) is 12.5 Å². The first-order valence-electron chi connectivity index (χ1n) is 9.16. The molecule has 2 fully saturated rings. The number of carbonyl (C=O) groups is 1. The van der Waals surface area contributed by atoms with Crippen molar-refractivity contribution in [3.05, 3.63) is 35.4 Å². The van der Waals surface area contributed by atoms with Crippen LogP contribution in [0.2, 0.25) is 0 Å². The van der Waals surface area contributed by atoms with Crippen LogP contribution in [0.1, 0.15) is 35.2 Å². The summed E-state index contributed by atoms with van der Waals surface area (Å²) in [6, 6.07) is 8.31. The molecule has 0 bridgehead atoms. The molecule has 0 spiro atoms. The summed E-state index contributed by atoms with van der Waals surface area (Å²) in [5.41, 5.74) is 7.80. The molecule has 26 heavy (non-hydrogen) atoms. The van der Waals surface area contributed by atoms with Gasteiger partial charge in [0.2, 0.25) is 0 Å². The van der Waals surface area contributed by atoms with Crippen molar-refractivity contribution >= 4 is 30.7 Å². The average molecular weight is 403 g/mol. The smallest absolute Gasteiger partial charge is 0.251 e. The SMILES string of the molecule is CN1CCN(Cc2cccc(C(=O)NC3CCCC3CN)c2)CC1.Cl.Cl. The summed E-state index contributed by atoms with van der Waals surface area (Å²) >= 11 is 0. The lowest BCUT2D eigenvalue weighted by Gasteiger charge is -2.32. The first-order chi connectivity index (χ1) is 11.7. The number of nitrogens with two attached hydrogens (primary N) is 1. The van der Waals surface area contributed by atoms with Crippen molar-refractivity contribution in [2.75, 3.05) is 39.8 Å². The number of carbonyl (C=O) groups excluding carboxylic acids is 1. The fraction of sp³-hybridized carbons (Fsp3) is 0.632. The lowest BCUT2D eigenvalue weighted by molar-refractivity contribution is 0.0928. The van der Waals surface area contributed by atoms with Gasteiger partial charge in [0.05, 0.1) is 0 Å². The van der Waals surface area contributed by atoms with E-state index >= 15 is 0 Å². The topological polar surface area (TPSA) is 61.6 Å². The Morgan fingerprint density at radius 1 is 1.19 bits per heavy atom. The van der Waals surface area contributed by atoms with Gasteiger partial charge in [0.25, 0.3) is 5.91 Å². The van der Waals surface area contributed by atoms with Crippen LogP contribution in [0, 0.1) is 5.92 Å². The Morgan fingerprint density at radius 3 is 2.62 bits per heavy atom. The minimum atomic E-state index is 0. The molecule has 0 aromatic heterocycles. The molecule has 1 saturated carbocycles. The normalized spacial score (nSPS) is 23.8. The molecule has 1 aromatic carbocycles. The Balaban J connectivity index is 0.00000169. The minimum Gasteiger partial charge on any atom is -0.349 e. The average Bonchev–Trinajstić information content (AvgIpc) is 3.04. The number of likely N-dealkylation sites (N-methyl/N-ethyl adjacent to an activating group) is 1. The zero-order chi connectivity index (χ0) is 16.9. The second-order valence-electron chi connectivity index (χ2n) is 7.29. The molecular weight excluding hydrogens is 371 g/mol. The highest BCUT2D eigenvalue weighted by Crippen LogP contribution is 2.25. The van der Waals surface area contributed by atoms with Crippen LogP contribution in [-0.4, -0.2) is 61.5 Å². The molecule has 1 saturated heterocycles. The quantitative estimate of drug-likeness (QED) is 0.791. The zero-order valence-electron chi connectivity index (χ0n) is 15.5. The molecule has 2 unspecified atom stereocenters. The van der Waals surface area contributed by atoms with Crippen LogP contribution >= 0.6 is 24.8 Å².